The van der Waals surface area contributed by atoms with Crippen molar-refractivity contribution in [1.82, 2.24) is 0 Å². The third-order valence-corrected chi connectivity index (χ3v) is 2.44. The van der Waals surface area contributed by atoms with Gasteiger partial charge in [0, 0.05) is 0 Å². The molecule has 0 saturated heterocycles. The van der Waals surface area contributed by atoms with Crippen LogP contribution >= 0.6 is 0 Å². The van der Waals surface area contributed by atoms with Gasteiger partial charge in [-0.2, -0.15) is 0 Å². The fourth-order valence-corrected chi connectivity index (χ4v) is 1.31. The summed E-state index contributed by atoms with van der Waals surface area (Å²) in [6.45, 7) is 1.70. The van der Waals surface area contributed by atoms with Crippen molar-refractivity contribution < 1.29 is 9.90 Å². The van der Waals surface area contributed by atoms with E-state index in [-0.39, 0.29) is 12.5 Å². The van der Waals surface area contributed by atoms with Crippen molar-refractivity contribution in [1.29, 1.82) is 0 Å². The molecule has 0 spiro atoms. The molecule has 2 unspecified atom stereocenters. The predicted octanol–water partition coefficient (Wildman–Crippen LogP) is 1.32. The smallest absolute Gasteiger partial charge is 0.128 e. The van der Waals surface area contributed by atoms with Crippen LogP contribution in [0.2, 0.25) is 0 Å². The molecule has 0 bridgehead atoms. The molecule has 1 aliphatic carbocycles. The number of carbonyl (C=O) groups excluding carboxylic acids is 1. The molecule has 2 nitrogen and oxygen atoms in total. The highest BCUT2D eigenvalue weighted by atomic mass is 16.3. The van der Waals surface area contributed by atoms with Crippen LogP contribution < -0.4 is 0 Å². The molecule has 1 rings (SSSR count). The minimum Gasteiger partial charge on any atom is -0.395 e. The normalized spacial score (nSPS) is 26.7. The van der Waals surface area contributed by atoms with E-state index in [2.05, 4.69) is 0 Å². The van der Waals surface area contributed by atoms with Crippen molar-refractivity contribution in [3.05, 3.63) is 24.3 Å². The van der Waals surface area contributed by atoms with E-state index in [1.165, 1.54) is 0 Å². The van der Waals surface area contributed by atoms with Crippen LogP contribution in [0, 0.1) is 11.3 Å². The van der Waals surface area contributed by atoms with Crippen LogP contribution in [0.3, 0.4) is 0 Å². The zero-order valence-electron chi connectivity index (χ0n) is 7.23. The number of aliphatic hydroxyl groups is 1. The van der Waals surface area contributed by atoms with Crippen LogP contribution in [0.1, 0.15) is 13.3 Å². The standard InChI is InChI=1S/C10H14O2/c1-10(7-11,8-12)9-5-3-2-4-6-9/h2-5,7,9,12H,6,8H2,1H3. The summed E-state index contributed by atoms with van der Waals surface area (Å²) in [6, 6.07) is 0. The average Bonchev–Trinajstić information content (AvgIpc) is 2.18. The molecule has 0 aliphatic heterocycles. The summed E-state index contributed by atoms with van der Waals surface area (Å²) in [5, 5.41) is 9.05. The molecule has 1 N–H and O–H groups in total. The van der Waals surface area contributed by atoms with Crippen molar-refractivity contribution in [3.8, 4) is 0 Å². The molecule has 66 valence electrons. The maximum absolute atomic E-state index is 10.7. The molecule has 2 heteroatoms. The number of carbonyl (C=O) groups is 1. The first kappa shape index (κ1) is 9.20. The van der Waals surface area contributed by atoms with Gasteiger partial charge < -0.3 is 9.90 Å². The van der Waals surface area contributed by atoms with Gasteiger partial charge in [0.2, 0.25) is 0 Å². The Hall–Kier alpha value is -0.890. The quantitative estimate of drug-likeness (QED) is 0.642. The van der Waals surface area contributed by atoms with E-state index in [0.29, 0.717) is 0 Å². The third kappa shape index (κ3) is 1.64. The molecule has 0 aromatic carbocycles. The lowest BCUT2D eigenvalue weighted by Gasteiger charge is -2.28. The van der Waals surface area contributed by atoms with Gasteiger partial charge in [0.15, 0.2) is 0 Å². The Labute approximate surface area is 72.6 Å². The second kappa shape index (κ2) is 3.68. The van der Waals surface area contributed by atoms with E-state index in [0.717, 1.165) is 12.7 Å². The largest absolute Gasteiger partial charge is 0.395 e. The summed E-state index contributed by atoms with van der Waals surface area (Å²) >= 11 is 0. The third-order valence-electron chi connectivity index (χ3n) is 2.44. The van der Waals surface area contributed by atoms with Gasteiger partial charge in [-0.15, -0.1) is 0 Å². The van der Waals surface area contributed by atoms with Crippen LogP contribution in [0.4, 0.5) is 0 Å². The van der Waals surface area contributed by atoms with Gasteiger partial charge in [-0.3, -0.25) is 0 Å². The minimum absolute atomic E-state index is 0.0840. The lowest BCUT2D eigenvalue weighted by atomic mass is 9.76. The number of aldehydes is 1. The van der Waals surface area contributed by atoms with E-state index < -0.39 is 5.41 Å². The van der Waals surface area contributed by atoms with Gasteiger partial charge in [0.25, 0.3) is 0 Å². The summed E-state index contributed by atoms with van der Waals surface area (Å²) in [5.74, 6) is 0.144. The van der Waals surface area contributed by atoms with Crippen LogP contribution in [0.5, 0.6) is 0 Å². The van der Waals surface area contributed by atoms with Gasteiger partial charge in [0.1, 0.15) is 6.29 Å². The summed E-state index contributed by atoms with van der Waals surface area (Å²) in [7, 11) is 0. The molecule has 2 atom stereocenters. The maximum atomic E-state index is 10.7. The van der Waals surface area contributed by atoms with Crippen molar-refractivity contribution in [2.45, 2.75) is 13.3 Å². The molecular formula is C10H14O2. The van der Waals surface area contributed by atoms with Crippen molar-refractivity contribution >= 4 is 6.29 Å². The lowest BCUT2D eigenvalue weighted by Crippen LogP contribution is -2.32. The van der Waals surface area contributed by atoms with Crippen molar-refractivity contribution in [3.63, 3.8) is 0 Å². The SMILES string of the molecule is CC(C=O)(CO)C1C=CC=CC1. The number of allylic oxidation sites excluding steroid dienone is 4. The molecule has 0 saturated carbocycles. The van der Waals surface area contributed by atoms with E-state index in [1.807, 2.05) is 24.3 Å². The van der Waals surface area contributed by atoms with Gasteiger partial charge in [-0.1, -0.05) is 31.2 Å². The zero-order chi connectivity index (χ0) is 9.03. The fraction of sp³-hybridized carbons (Fsp3) is 0.500. The molecule has 0 heterocycles. The first-order chi connectivity index (χ1) is 5.73. The first-order valence-corrected chi connectivity index (χ1v) is 4.13. The highest BCUT2D eigenvalue weighted by Gasteiger charge is 2.31. The van der Waals surface area contributed by atoms with E-state index >= 15 is 0 Å². The Balaban J connectivity index is 2.73. The predicted molar refractivity (Wildman–Crippen MR) is 47.6 cm³/mol. The number of rotatable bonds is 3. The monoisotopic (exact) mass is 166 g/mol. The molecule has 0 radical (unpaired) electrons. The first-order valence-electron chi connectivity index (χ1n) is 4.13. The molecule has 0 aromatic rings. The Morgan fingerprint density at radius 3 is 2.83 bits per heavy atom. The number of aliphatic hydroxyl groups excluding tert-OH is 1. The zero-order valence-corrected chi connectivity index (χ0v) is 7.23. The summed E-state index contributed by atoms with van der Waals surface area (Å²) in [6.07, 6.45) is 9.56. The molecular weight excluding hydrogens is 152 g/mol. The van der Waals surface area contributed by atoms with Crippen LogP contribution in [0.25, 0.3) is 0 Å². The van der Waals surface area contributed by atoms with Gasteiger partial charge in [0.05, 0.1) is 12.0 Å². The summed E-state index contributed by atoms with van der Waals surface area (Å²) in [5.41, 5.74) is -0.610. The average molecular weight is 166 g/mol. The van der Waals surface area contributed by atoms with Crippen molar-refractivity contribution in [2.75, 3.05) is 6.61 Å². The Bertz CT molecular complexity index is 218. The van der Waals surface area contributed by atoms with Crippen LogP contribution in [-0.4, -0.2) is 18.0 Å². The molecule has 1 aliphatic rings. The Kier molecular flexibility index (Phi) is 2.82. The maximum Gasteiger partial charge on any atom is 0.128 e. The summed E-state index contributed by atoms with van der Waals surface area (Å²) < 4.78 is 0. The van der Waals surface area contributed by atoms with E-state index in [1.54, 1.807) is 6.92 Å². The fourth-order valence-electron chi connectivity index (χ4n) is 1.31. The Morgan fingerprint density at radius 2 is 2.42 bits per heavy atom. The van der Waals surface area contributed by atoms with Crippen LogP contribution in [0.15, 0.2) is 24.3 Å². The van der Waals surface area contributed by atoms with Crippen LogP contribution in [-0.2, 0) is 4.79 Å². The number of hydrogen-bond donors (Lipinski definition) is 1. The highest BCUT2D eigenvalue weighted by Crippen LogP contribution is 2.30. The second-order valence-corrected chi connectivity index (χ2v) is 3.44. The minimum atomic E-state index is -0.610. The van der Waals surface area contributed by atoms with Gasteiger partial charge in [-0.25, -0.2) is 0 Å². The van der Waals surface area contributed by atoms with Gasteiger partial charge >= 0.3 is 0 Å². The molecule has 0 amide bonds. The second-order valence-electron chi connectivity index (χ2n) is 3.44. The van der Waals surface area contributed by atoms with Gasteiger partial charge in [-0.05, 0) is 12.3 Å². The van der Waals surface area contributed by atoms with E-state index in [9.17, 15) is 4.79 Å². The van der Waals surface area contributed by atoms with Crippen molar-refractivity contribution in [2.24, 2.45) is 11.3 Å². The lowest BCUT2D eigenvalue weighted by molar-refractivity contribution is -0.119. The topological polar surface area (TPSA) is 37.3 Å². The molecule has 0 fully saturated rings. The molecule has 0 aromatic heterocycles. The number of hydrogen-bond acceptors (Lipinski definition) is 2. The summed E-state index contributed by atoms with van der Waals surface area (Å²) in [4.78, 5) is 10.7. The molecule has 12 heavy (non-hydrogen) atoms. The highest BCUT2D eigenvalue weighted by molar-refractivity contribution is 5.60. The van der Waals surface area contributed by atoms with E-state index in [4.69, 9.17) is 5.11 Å². The Morgan fingerprint density at radius 1 is 1.67 bits per heavy atom.